The zero-order valence-electron chi connectivity index (χ0n) is 16.0. The summed E-state index contributed by atoms with van der Waals surface area (Å²) in [5, 5.41) is 12.2. The van der Waals surface area contributed by atoms with Gasteiger partial charge in [-0.3, -0.25) is 0 Å². The normalized spacial score (nSPS) is 10.8. The average Bonchev–Trinajstić information content (AvgIpc) is 2.70. The number of nitrogens with one attached hydrogen (secondary N) is 1. The third kappa shape index (κ3) is 9.06. The van der Waals surface area contributed by atoms with Crippen LogP contribution in [0.1, 0.15) is 62.5 Å². The molecule has 0 bridgehead atoms. The van der Waals surface area contributed by atoms with Crippen LogP contribution in [0.5, 0.6) is 0 Å². The van der Waals surface area contributed by atoms with Gasteiger partial charge in [0.15, 0.2) is 0 Å². The lowest BCUT2D eigenvalue weighted by Gasteiger charge is -2.06. The van der Waals surface area contributed by atoms with Crippen molar-refractivity contribution in [1.29, 1.82) is 5.26 Å². The minimum Gasteiger partial charge on any atom is -0.385 e. The van der Waals surface area contributed by atoms with Crippen molar-refractivity contribution in [3.63, 3.8) is 0 Å². The van der Waals surface area contributed by atoms with Crippen molar-refractivity contribution in [2.24, 2.45) is 0 Å². The van der Waals surface area contributed by atoms with Gasteiger partial charge in [0.25, 0.3) is 0 Å². The second kappa shape index (κ2) is 12.7. The number of allylic oxidation sites excluding steroid dienone is 1. The van der Waals surface area contributed by atoms with Crippen LogP contribution in [0, 0.1) is 17.1 Å². The van der Waals surface area contributed by atoms with Gasteiger partial charge in [0.2, 0.25) is 0 Å². The first-order chi connectivity index (χ1) is 13.3. The molecular weight excluding hydrogens is 335 g/mol. The lowest BCUT2D eigenvalue weighted by molar-refractivity contribution is 0.587. The van der Waals surface area contributed by atoms with Crippen LogP contribution in [-0.4, -0.2) is 6.54 Å². The van der Waals surface area contributed by atoms with E-state index in [1.807, 2.05) is 36.4 Å². The quantitative estimate of drug-likeness (QED) is 0.414. The van der Waals surface area contributed by atoms with E-state index in [4.69, 9.17) is 5.26 Å². The van der Waals surface area contributed by atoms with Gasteiger partial charge >= 0.3 is 0 Å². The zero-order chi connectivity index (χ0) is 19.2. The van der Waals surface area contributed by atoms with Crippen molar-refractivity contribution in [3.8, 4) is 6.07 Å². The molecule has 0 fully saturated rings. The number of unbranched alkanes of at least 4 members (excludes halogenated alkanes) is 7. The summed E-state index contributed by atoms with van der Waals surface area (Å²) in [7, 11) is 0. The summed E-state index contributed by atoms with van der Waals surface area (Å²) in [6.45, 7) is 0.986. The monoisotopic (exact) mass is 364 g/mol. The van der Waals surface area contributed by atoms with Crippen molar-refractivity contribution < 1.29 is 4.39 Å². The topological polar surface area (TPSA) is 35.8 Å². The molecule has 2 nitrogen and oxygen atoms in total. The predicted octanol–water partition coefficient (Wildman–Crippen LogP) is 6.94. The maximum atomic E-state index is 12.8. The second-order valence-corrected chi connectivity index (χ2v) is 6.83. The summed E-state index contributed by atoms with van der Waals surface area (Å²) < 4.78 is 12.8. The zero-order valence-corrected chi connectivity index (χ0v) is 16.0. The number of halogens is 1. The lowest BCUT2D eigenvalue weighted by atomic mass is 10.1. The SMILES string of the molecule is N#Cc1ccc(NCCCCCCCCC/C=C/c2ccc(F)cc2)cc1. The molecule has 0 heterocycles. The molecule has 1 N–H and O–H groups in total. The highest BCUT2D eigenvalue weighted by atomic mass is 19.1. The molecule has 27 heavy (non-hydrogen) atoms. The first kappa shape index (κ1) is 20.7. The molecule has 142 valence electrons. The Morgan fingerprint density at radius 3 is 2.11 bits per heavy atom. The van der Waals surface area contributed by atoms with Crippen LogP contribution < -0.4 is 5.32 Å². The van der Waals surface area contributed by atoms with Crippen LogP contribution in [-0.2, 0) is 0 Å². The summed E-state index contributed by atoms with van der Waals surface area (Å²) in [5.74, 6) is -0.183. The van der Waals surface area contributed by atoms with Crippen LogP contribution in [0.4, 0.5) is 10.1 Å². The van der Waals surface area contributed by atoms with Gasteiger partial charge in [-0.25, -0.2) is 4.39 Å². The summed E-state index contributed by atoms with van der Waals surface area (Å²) >= 11 is 0. The van der Waals surface area contributed by atoms with Crippen molar-refractivity contribution in [1.82, 2.24) is 0 Å². The van der Waals surface area contributed by atoms with E-state index in [1.54, 1.807) is 0 Å². The Bertz CT molecular complexity index is 712. The van der Waals surface area contributed by atoms with E-state index in [0.29, 0.717) is 5.56 Å². The Hall–Kier alpha value is -2.60. The van der Waals surface area contributed by atoms with E-state index in [-0.39, 0.29) is 5.82 Å². The number of nitrogens with zero attached hydrogens (tertiary/aromatic N) is 1. The van der Waals surface area contributed by atoms with Crippen LogP contribution in [0.15, 0.2) is 54.6 Å². The van der Waals surface area contributed by atoms with E-state index in [0.717, 1.165) is 24.2 Å². The molecule has 0 spiro atoms. The van der Waals surface area contributed by atoms with Gasteiger partial charge < -0.3 is 5.32 Å². The smallest absolute Gasteiger partial charge is 0.123 e. The van der Waals surface area contributed by atoms with Crippen molar-refractivity contribution in [3.05, 3.63) is 71.6 Å². The maximum Gasteiger partial charge on any atom is 0.123 e. The third-order valence-electron chi connectivity index (χ3n) is 4.57. The highest BCUT2D eigenvalue weighted by molar-refractivity contribution is 5.48. The first-order valence-corrected chi connectivity index (χ1v) is 9.94. The molecule has 2 aromatic rings. The van der Waals surface area contributed by atoms with E-state index in [2.05, 4.69) is 23.5 Å². The largest absolute Gasteiger partial charge is 0.385 e. The minimum atomic E-state index is -0.183. The second-order valence-electron chi connectivity index (χ2n) is 6.83. The molecule has 2 rings (SSSR count). The van der Waals surface area contributed by atoms with Crippen LogP contribution in [0.2, 0.25) is 0 Å². The van der Waals surface area contributed by atoms with Crippen LogP contribution in [0.3, 0.4) is 0 Å². The molecule has 3 heteroatoms. The van der Waals surface area contributed by atoms with E-state index >= 15 is 0 Å². The molecule has 0 amide bonds. The number of anilines is 1. The minimum absolute atomic E-state index is 0.183. The lowest BCUT2D eigenvalue weighted by Crippen LogP contribution is -2.01. The molecule has 0 radical (unpaired) electrons. The summed E-state index contributed by atoms with van der Waals surface area (Å²) in [6.07, 6.45) is 14.2. The molecule has 2 aromatic carbocycles. The van der Waals surface area contributed by atoms with Crippen LogP contribution >= 0.6 is 0 Å². The average molecular weight is 365 g/mol. The van der Waals surface area contributed by atoms with Gasteiger partial charge in [-0.15, -0.1) is 0 Å². The van der Waals surface area contributed by atoms with Gasteiger partial charge in [-0.2, -0.15) is 5.26 Å². The van der Waals surface area contributed by atoms with Crippen LogP contribution in [0.25, 0.3) is 6.08 Å². The van der Waals surface area contributed by atoms with E-state index in [1.165, 1.54) is 57.1 Å². The molecule has 0 unspecified atom stereocenters. The summed E-state index contributed by atoms with van der Waals surface area (Å²) in [4.78, 5) is 0. The fourth-order valence-corrected chi connectivity index (χ4v) is 2.96. The molecule has 0 aliphatic rings. The molecular formula is C24H29FN2. The van der Waals surface area contributed by atoms with E-state index in [9.17, 15) is 4.39 Å². The molecule has 0 saturated heterocycles. The molecule has 0 aliphatic carbocycles. The number of benzene rings is 2. The number of hydrogen-bond acceptors (Lipinski definition) is 2. The van der Waals surface area contributed by atoms with Crippen molar-refractivity contribution in [2.45, 2.75) is 51.4 Å². The maximum absolute atomic E-state index is 12.8. The third-order valence-corrected chi connectivity index (χ3v) is 4.57. The summed E-state index contributed by atoms with van der Waals surface area (Å²) in [5.41, 5.74) is 2.85. The van der Waals surface area contributed by atoms with Gasteiger partial charge in [0.1, 0.15) is 5.82 Å². The van der Waals surface area contributed by atoms with Gasteiger partial charge in [0.05, 0.1) is 11.6 Å². The Balaban J connectivity index is 1.40. The number of nitriles is 1. The Labute approximate surface area is 162 Å². The summed E-state index contributed by atoms with van der Waals surface area (Å²) in [6, 6.07) is 16.4. The standard InChI is InChI=1S/C24H29FN2/c25-23-15-11-21(12-16-23)10-8-6-4-2-1-3-5-7-9-19-27-24-17-13-22(20-26)14-18-24/h8,10-18,27H,1-7,9,19H2/b10-8+. The molecule has 0 atom stereocenters. The fourth-order valence-electron chi connectivity index (χ4n) is 2.96. The Kier molecular flexibility index (Phi) is 9.74. The number of rotatable bonds is 12. The molecule has 0 aromatic heterocycles. The number of hydrogen-bond donors (Lipinski definition) is 1. The first-order valence-electron chi connectivity index (χ1n) is 9.94. The highest BCUT2D eigenvalue weighted by Crippen LogP contribution is 2.12. The highest BCUT2D eigenvalue weighted by Gasteiger charge is 1.95. The van der Waals surface area contributed by atoms with Gasteiger partial charge in [-0.05, 0) is 61.2 Å². The predicted molar refractivity (Wildman–Crippen MR) is 112 cm³/mol. The molecule has 0 saturated carbocycles. The fraction of sp³-hybridized carbons (Fsp3) is 0.375. The van der Waals surface area contributed by atoms with Crippen molar-refractivity contribution >= 4 is 11.8 Å². The van der Waals surface area contributed by atoms with Gasteiger partial charge in [0, 0.05) is 12.2 Å². The van der Waals surface area contributed by atoms with E-state index < -0.39 is 0 Å². The Morgan fingerprint density at radius 1 is 0.815 bits per heavy atom. The van der Waals surface area contributed by atoms with Crippen molar-refractivity contribution in [2.75, 3.05) is 11.9 Å². The Morgan fingerprint density at radius 2 is 1.44 bits per heavy atom. The molecule has 0 aliphatic heterocycles. The van der Waals surface area contributed by atoms with Gasteiger partial charge in [-0.1, -0.05) is 56.4 Å².